The molecule has 4 unspecified atom stereocenters. The minimum atomic E-state index is -2.22. The molecule has 1 N–H and O–H groups in total. The molecule has 30 heavy (non-hydrogen) atoms. The second-order valence-corrected chi connectivity index (χ2v) is 9.40. The van der Waals surface area contributed by atoms with Crippen LogP contribution in [0.4, 0.5) is 4.79 Å². The van der Waals surface area contributed by atoms with E-state index < -0.39 is 35.6 Å². The molecule has 170 valence electrons. The zero-order valence-corrected chi connectivity index (χ0v) is 19.2. The first-order valence-corrected chi connectivity index (χ1v) is 10.6. The van der Waals surface area contributed by atoms with Crippen molar-refractivity contribution < 1.29 is 28.6 Å². The van der Waals surface area contributed by atoms with Crippen molar-refractivity contribution in [2.24, 2.45) is 17.8 Å². The maximum absolute atomic E-state index is 12.8. The van der Waals surface area contributed by atoms with Gasteiger partial charge in [-0.2, -0.15) is 5.26 Å². The third kappa shape index (κ3) is 7.51. The maximum atomic E-state index is 12.8. The normalized spacial score (nSPS) is 23.6. The van der Waals surface area contributed by atoms with Crippen LogP contribution in [-0.2, 0) is 23.8 Å². The molecule has 0 aromatic rings. The topological polar surface area (TPSA) is 115 Å². The van der Waals surface area contributed by atoms with Crippen molar-refractivity contribution in [3.8, 4) is 6.07 Å². The average Bonchev–Trinajstić information content (AvgIpc) is 2.59. The standard InChI is InChI=1S/C22H36N2O6/c1-8-28-19(26)22(13-23,24-20(27)30-21(5,6)7)12-18(25)29-17-11-15(4)9-10-16(17)14(2)3/h14-17H,8-12H2,1-7H3,(H,24,27). The average molecular weight is 425 g/mol. The van der Waals surface area contributed by atoms with E-state index >= 15 is 0 Å². The van der Waals surface area contributed by atoms with Gasteiger partial charge in [0.2, 0.25) is 5.54 Å². The summed E-state index contributed by atoms with van der Waals surface area (Å²) >= 11 is 0. The van der Waals surface area contributed by atoms with Crippen molar-refractivity contribution in [2.75, 3.05) is 6.61 Å². The van der Waals surface area contributed by atoms with Crippen LogP contribution in [0.2, 0.25) is 0 Å². The fraction of sp³-hybridized carbons (Fsp3) is 0.818. The summed E-state index contributed by atoms with van der Waals surface area (Å²) in [5, 5.41) is 12.0. The van der Waals surface area contributed by atoms with Gasteiger partial charge in [-0.1, -0.05) is 27.2 Å². The molecule has 0 spiro atoms. The number of hydrogen-bond donors (Lipinski definition) is 1. The Bertz CT molecular complexity index is 664. The third-order valence-corrected chi connectivity index (χ3v) is 5.18. The van der Waals surface area contributed by atoms with Crippen molar-refractivity contribution in [2.45, 2.75) is 91.4 Å². The number of rotatable bonds is 7. The smallest absolute Gasteiger partial charge is 0.409 e. The van der Waals surface area contributed by atoms with Crippen molar-refractivity contribution >= 4 is 18.0 Å². The van der Waals surface area contributed by atoms with Crippen LogP contribution < -0.4 is 5.32 Å². The van der Waals surface area contributed by atoms with Crippen LogP contribution >= 0.6 is 0 Å². The number of nitrogens with one attached hydrogen (secondary N) is 1. The molecule has 0 aliphatic heterocycles. The number of nitriles is 1. The number of esters is 2. The number of carbonyl (C=O) groups is 3. The highest BCUT2D eigenvalue weighted by Crippen LogP contribution is 2.35. The van der Waals surface area contributed by atoms with Gasteiger partial charge in [0.15, 0.2) is 0 Å². The zero-order chi connectivity index (χ0) is 23.1. The van der Waals surface area contributed by atoms with Crippen molar-refractivity contribution in [3.63, 3.8) is 0 Å². The summed E-state index contributed by atoms with van der Waals surface area (Å²) < 4.78 is 15.8. The molecule has 8 heteroatoms. The first-order chi connectivity index (χ1) is 13.8. The molecule has 0 aromatic heterocycles. The molecular weight excluding hydrogens is 388 g/mol. The highest BCUT2D eigenvalue weighted by atomic mass is 16.6. The lowest BCUT2D eigenvalue weighted by Gasteiger charge is -2.37. The van der Waals surface area contributed by atoms with E-state index in [9.17, 15) is 19.6 Å². The first kappa shape index (κ1) is 25.7. The fourth-order valence-electron chi connectivity index (χ4n) is 3.69. The van der Waals surface area contributed by atoms with E-state index in [1.807, 2.05) is 0 Å². The Morgan fingerprint density at radius 1 is 1.20 bits per heavy atom. The highest BCUT2D eigenvalue weighted by molar-refractivity contribution is 5.93. The lowest BCUT2D eigenvalue weighted by atomic mass is 9.75. The number of amides is 1. The number of ether oxygens (including phenoxy) is 3. The summed E-state index contributed by atoms with van der Waals surface area (Å²) in [6.45, 7) is 12.8. The minimum Gasteiger partial charge on any atom is -0.463 e. The second-order valence-electron chi connectivity index (χ2n) is 9.40. The van der Waals surface area contributed by atoms with Crippen LogP contribution in [0.1, 0.15) is 74.1 Å². The quantitative estimate of drug-likeness (QED) is 0.489. The SMILES string of the molecule is CCOC(=O)C(C#N)(CC(=O)OC1CC(C)CCC1C(C)C)NC(=O)OC(C)(C)C. The Labute approximate surface area is 179 Å². The molecule has 0 heterocycles. The molecule has 8 nitrogen and oxygen atoms in total. The molecule has 1 aliphatic carbocycles. The van der Waals surface area contributed by atoms with E-state index in [4.69, 9.17) is 14.2 Å². The molecule has 1 saturated carbocycles. The van der Waals surface area contributed by atoms with Gasteiger partial charge in [0, 0.05) is 0 Å². The minimum absolute atomic E-state index is 0.0110. The summed E-state index contributed by atoms with van der Waals surface area (Å²) in [5.41, 5.74) is -3.06. The van der Waals surface area contributed by atoms with Crippen LogP contribution in [0.5, 0.6) is 0 Å². The Morgan fingerprint density at radius 3 is 2.33 bits per heavy atom. The predicted molar refractivity (Wildman–Crippen MR) is 110 cm³/mol. The van der Waals surface area contributed by atoms with Crippen molar-refractivity contribution in [1.82, 2.24) is 5.32 Å². The summed E-state index contributed by atoms with van der Waals surface area (Å²) in [7, 11) is 0. The van der Waals surface area contributed by atoms with Crippen LogP contribution in [0.3, 0.4) is 0 Å². The second kappa shape index (κ2) is 10.6. The number of alkyl carbamates (subject to hydrolysis) is 1. The molecule has 4 atom stereocenters. The van der Waals surface area contributed by atoms with Gasteiger partial charge in [-0.3, -0.25) is 10.1 Å². The van der Waals surface area contributed by atoms with Gasteiger partial charge in [0.1, 0.15) is 17.8 Å². The summed E-state index contributed by atoms with van der Waals surface area (Å²) in [6, 6.07) is 1.74. The van der Waals surface area contributed by atoms with Gasteiger partial charge in [-0.05, 0) is 58.3 Å². The predicted octanol–water partition coefficient (Wildman–Crippen LogP) is 3.73. The fourth-order valence-corrected chi connectivity index (χ4v) is 3.69. The number of hydrogen-bond acceptors (Lipinski definition) is 7. The van der Waals surface area contributed by atoms with Gasteiger partial charge in [0.05, 0.1) is 13.0 Å². The Balaban J connectivity index is 3.02. The van der Waals surface area contributed by atoms with E-state index in [-0.39, 0.29) is 18.6 Å². The number of carbonyl (C=O) groups excluding carboxylic acids is 3. The van der Waals surface area contributed by atoms with E-state index in [0.29, 0.717) is 11.8 Å². The summed E-state index contributed by atoms with van der Waals surface area (Å²) in [4.78, 5) is 37.5. The van der Waals surface area contributed by atoms with Gasteiger partial charge in [-0.15, -0.1) is 0 Å². The molecule has 1 fully saturated rings. The third-order valence-electron chi connectivity index (χ3n) is 5.18. The van der Waals surface area contributed by atoms with E-state index in [1.54, 1.807) is 33.8 Å². The molecular formula is C22H36N2O6. The molecule has 0 aromatic carbocycles. The lowest BCUT2D eigenvalue weighted by molar-refractivity contribution is -0.162. The zero-order valence-electron chi connectivity index (χ0n) is 19.2. The van der Waals surface area contributed by atoms with Crippen molar-refractivity contribution in [1.29, 1.82) is 5.26 Å². The van der Waals surface area contributed by atoms with E-state index in [0.717, 1.165) is 19.3 Å². The Hall–Kier alpha value is -2.30. The largest absolute Gasteiger partial charge is 0.463 e. The van der Waals surface area contributed by atoms with E-state index in [1.165, 1.54) is 0 Å². The monoisotopic (exact) mass is 424 g/mol. The van der Waals surface area contributed by atoms with E-state index in [2.05, 4.69) is 26.1 Å². The summed E-state index contributed by atoms with van der Waals surface area (Å²) in [5.74, 6) is -0.786. The molecule has 1 aliphatic rings. The van der Waals surface area contributed by atoms with Gasteiger partial charge in [-0.25, -0.2) is 9.59 Å². The van der Waals surface area contributed by atoms with Crippen LogP contribution in [-0.4, -0.2) is 41.9 Å². The molecule has 0 saturated heterocycles. The van der Waals surface area contributed by atoms with Crippen molar-refractivity contribution in [3.05, 3.63) is 0 Å². The highest BCUT2D eigenvalue weighted by Gasteiger charge is 2.47. The molecule has 1 amide bonds. The number of nitrogens with zero attached hydrogens (tertiary/aromatic N) is 1. The van der Waals surface area contributed by atoms with Crippen LogP contribution in [0.25, 0.3) is 0 Å². The molecule has 1 rings (SSSR count). The maximum Gasteiger partial charge on any atom is 0.409 e. The molecule has 0 radical (unpaired) electrons. The Kier molecular flexibility index (Phi) is 9.13. The van der Waals surface area contributed by atoms with Crippen LogP contribution in [0, 0.1) is 29.1 Å². The van der Waals surface area contributed by atoms with Gasteiger partial charge >= 0.3 is 18.0 Å². The van der Waals surface area contributed by atoms with Gasteiger partial charge in [0.25, 0.3) is 0 Å². The lowest BCUT2D eigenvalue weighted by Crippen LogP contribution is -2.57. The molecule has 0 bridgehead atoms. The van der Waals surface area contributed by atoms with Crippen LogP contribution in [0.15, 0.2) is 0 Å². The summed E-state index contributed by atoms with van der Waals surface area (Å²) in [6.07, 6.45) is 0.818. The Morgan fingerprint density at radius 2 is 1.83 bits per heavy atom. The first-order valence-electron chi connectivity index (χ1n) is 10.6. The van der Waals surface area contributed by atoms with Gasteiger partial charge < -0.3 is 14.2 Å².